The van der Waals surface area contributed by atoms with Crippen LogP contribution in [0.15, 0.2) is 0 Å². The predicted octanol–water partition coefficient (Wildman–Crippen LogP) is 1.46. The predicted molar refractivity (Wildman–Crippen MR) is 46.3 cm³/mol. The summed E-state index contributed by atoms with van der Waals surface area (Å²) in [6.45, 7) is 7.54. The molecule has 0 radical (unpaired) electrons. The second-order valence-corrected chi connectivity index (χ2v) is 3.58. The molecule has 0 spiro atoms. The second kappa shape index (κ2) is 4.98. The van der Waals surface area contributed by atoms with E-state index < -0.39 is 11.8 Å². The van der Waals surface area contributed by atoms with Crippen LogP contribution in [-0.2, 0) is 4.74 Å². The molecule has 2 N–H and O–H groups in total. The van der Waals surface area contributed by atoms with Gasteiger partial charge in [-0.05, 0) is 40.3 Å². The average molecular weight is 175 g/mol. The maximum absolute atomic E-state index is 9.79. The molecule has 1 saturated heterocycles. The standard InChI is InChI=1S/C5H10O3.C3H7N/c1-5(2,3)8-4(6)7;1-2-4-3-1/h1-3H3,(H,6,7);4H,1-3H2. The van der Waals surface area contributed by atoms with Crippen molar-refractivity contribution >= 4 is 6.16 Å². The lowest BCUT2D eigenvalue weighted by Crippen LogP contribution is -2.29. The Hall–Kier alpha value is -0.770. The first-order valence-corrected chi connectivity index (χ1v) is 4.04. The minimum Gasteiger partial charge on any atom is -0.450 e. The second-order valence-electron chi connectivity index (χ2n) is 3.58. The molecule has 1 heterocycles. The van der Waals surface area contributed by atoms with Crippen molar-refractivity contribution in [3.8, 4) is 0 Å². The van der Waals surface area contributed by atoms with E-state index in [4.69, 9.17) is 5.11 Å². The molecule has 0 bridgehead atoms. The molecule has 72 valence electrons. The van der Waals surface area contributed by atoms with Gasteiger partial charge in [0.15, 0.2) is 0 Å². The third-order valence-corrected chi connectivity index (χ3v) is 1.10. The van der Waals surface area contributed by atoms with Crippen LogP contribution in [0.25, 0.3) is 0 Å². The van der Waals surface area contributed by atoms with Crippen LogP contribution in [0, 0.1) is 0 Å². The number of carbonyl (C=O) groups is 1. The van der Waals surface area contributed by atoms with E-state index >= 15 is 0 Å². The summed E-state index contributed by atoms with van der Waals surface area (Å²) in [5, 5.41) is 11.1. The van der Waals surface area contributed by atoms with E-state index in [0.29, 0.717) is 0 Å². The highest BCUT2D eigenvalue weighted by Gasteiger charge is 2.13. The zero-order valence-electron chi connectivity index (χ0n) is 7.89. The molecule has 0 aromatic heterocycles. The van der Waals surface area contributed by atoms with E-state index in [1.165, 1.54) is 19.5 Å². The van der Waals surface area contributed by atoms with Gasteiger partial charge in [0.1, 0.15) is 5.60 Å². The van der Waals surface area contributed by atoms with E-state index in [2.05, 4.69) is 10.1 Å². The Bertz CT molecular complexity index is 132. The van der Waals surface area contributed by atoms with Crippen LogP contribution in [0.5, 0.6) is 0 Å². The Morgan fingerprint density at radius 2 is 1.75 bits per heavy atom. The summed E-state index contributed by atoms with van der Waals surface area (Å²) in [5.41, 5.74) is -0.578. The summed E-state index contributed by atoms with van der Waals surface area (Å²) < 4.78 is 4.35. The Labute approximate surface area is 72.9 Å². The van der Waals surface area contributed by atoms with E-state index in [9.17, 15) is 4.79 Å². The van der Waals surface area contributed by atoms with Gasteiger partial charge < -0.3 is 15.2 Å². The van der Waals surface area contributed by atoms with Crippen molar-refractivity contribution in [1.29, 1.82) is 0 Å². The topological polar surface area (TPSA) is 58.6 Å². The summed E-state index contributed by atoms with van der Waals surface area (Å²) in [4.78, 5) is 9.79. The Morgan fingerprint density at radius 3 is 1.75 bits per heavy atom. The Kier molecular flexibility index (Phi) is 4.66. The molecule has 0 amide bonds. The van der Waals surface area contributed by atoms with Crippen molar-refractivity contribution in [3.63, 3.8) is 0 Å². The molecular formula is C8H17NO3. The lowest BCUT2D eigenvalue weighted by molar-refractivity contribution is 0.0150. The van der Waals surface area contributed by atoms with Gasteiger partial charge in [-0.2, -0.15) is 0 Å². The Morgan fingerprint density at radius 1 is 1.42 bits per heavy atom. The molecule has 1 rings (SSSR count). The first kappa shape index (κ1) is 11.2. The van der Waals surface area contributed by atoms with Gasteiger partial charge >= 0.3 is 6.16 Å². The summed E-state index contributed by atoms with van der Waals surface area (Å²) in [6, 6.07) is 0. The third-order valence-electron chi connectivity index (χ3n) is 1.10. The van der Waals surface area contributed by atoms with Gasteiger partial charge in [-0.25, -0.2) is 4.79 Å². The molecule has 1 aliphatic heterocycles. The average Bonchev–Trinajstić information content (AvgIpc) is 1.47. The zero-order valence-corrected chi connectivity index (χ0v) is 7.89. The van der Waals surface area contributed by atoms with E-state index in [-0.39, 0.29) is 0 Å². The molecule has 4 heteroatoms. The minimum absolute atomic E-state index is 0.578. The molecule has 0 aromatic carbocycles. The van der Waals surface area contributed by atoms with Gasteiger partial charge in [-0.1, -0.05) is 0 Å². The number of hydrogen-bond donors (Lipinski definition) is 2. The molecule has 0 aliphatic carbocycles. The van der Waals surface area contributed by atoms with Gasteiger partial charge in [0.2, 0.25) is 0 Å². The van der Waals surface area contributed by atoms with Gasteiger partial charge in [-0.15, -0.1) is 0 Å². The lowest BCUT2D eigenvalue weighted by atomic mass is 10.2. The van der Waals surface area contributed by atoms with Crippen molar-refractivity contribution in [3.05, 3.63) is 0 Å². The molecular weight excluding hydrogens is 158 g/mol. The highest BCUT2D eigenvalue weighted by Crippen LogP contribution is 2.05. The fraction of sp³-hybridized carbons (Fsp3) is 0.875. The highest BCUT2D eigenvalue weighted by molar-refractivity contribution is 5.57. The van der Waals surface area contributed by atoms with Crippen molar-refractivity contribution in [1.82, 2.24) is 5.32 Å². The summed E-state index contributed by atoms with van der Waals surface area (Å²) in [6.07, 6.45) is 0.164. The minimum atomic E-state index is -1.22. The SMILES string of the molecule is C1CNC1.CC(C)(C)OC(=O)O. The van der Waals surface area contributed by atoms with Crippen molar-refractivity contribution in [2.24, 2.45) is 0 Å². The van der Waals surface area contributed by atoms with Crippen LogP contribution in [0.2, 0.25) is 0 Å². The number of rotatable bonds is 0. The quantitative estimate of drug-likeness (QED) is 0.547. The molecule has 0 unspecified atom stereocenters. The smallest absolute Gasteiger partial charge is 0.450 e. The van der Waals surface area contributed by atoms with Crippen LogP contribution >= 0.6 is 0 Å². The van der Waals surface area contributed by atoms with Crippen molar-refractivity contribution in [2.75, 3.05) is 13.1 Å². The maximum atomic E-state index is 9.79. The van der Waals surface area contributed by atoms with E-state index in [0.717, 1.165) is 0 Å². The van der Waals surface area contributed by atoms with Crippen molar-refractivity contribution in [2.45, 2.75) is 32.8 Å². The van der Waals surface area contributed by atoms with Crippen LogP contribution in [0.4, 0.5) is 4.79 Å². The molecule has 0 atom stereocenters. The van der Waals surface area contributed by atoms with Gasteiger partial charge in [0, 0.05) is 0 Å². The first-order chi connectivity index (χ1) is 5.42. The first-order valence-electron chi connectivity index (χ1n) is 4.04. The monoisotopic (exact) mass is 175 g/mol. The largest absolute Gasteiger partial charge is 0.506 e. The molecule has 1 fully saturated rings. The Balaban J connectivity index is 0.000000247. The van der Waals surface area contributed by atoms with Crippen molar-refractivity contribution < 1.29 is 14.6 Å². The van der Waals surface area contributed by atoms with E-state index in [1.807, 2.05) is 0 Å². The van der Waals surface area contributed by atoms with Gasteiger partial charge in [-0.3, -0.25) is 0 Å². The zero-order chi connectivity index (χ0) is 9.61. The fourth-order valence-electron chi connectivity index (χ4n) is 0.439. The molecule has 12 heavy (non-hydrogen) atoms. The number of nitrogens with one attached hydrogen (secondary N) is 1. The van der Waals surface area contributed by atoms with E-state index in [1.54, 1.807) is 20.8 Å². The number of carboxylic acid groups (broad SMARTS) is 1. The summed E-state index contributed by atoms with van der Waals surface area (Å²) in [7, 11) is 0. The molecule has 1 aliphatic rings. The van der Waals surface area contributed by atoms with Crippen LogP contribution < -0.4 is 5.32 Å². The maximum Gasteiger partial charge on any atom is 0.506 e. The molecule has 4 nitrogen and oxygen atoms in total. The number of ether oxygens (including phenoxy) is 1. The number of hydrogen-bond acceptors (Lipinski definition) is 3. The van der Waals surface area contributed by atoms with Gasteiger partial charge in [0.05, 0.1) is 0 Å². The third kappa shape index (κ3) is 9.23. The lowest BCUT2D eigenvalue weighted by Gasteiger charge is -2.15. The summed E-state index contributed by atoms with van der Waals surface area (Å²) >= 11 is 0. The van der Waals surface area contributed by atoms with Crippen LogP contribution in [-0.4, -0.2) is 30.0 Å². The van der Waals surface area contributed by atoms with Crippen LogP contribution in [0.3, 0.4) is 0 Å². The molecule has 0 saturated carbocycles. The normalized spacial score (nSPS) is 15.2. The summed E-state index contributed by atoms with van der Waals surface area (Å²) in [5.74, 6) is 0. The van der Waals surface area contributed by atoms with Gasteiger partial charge in [0.25, 0.3) is 0 Å². The molecule has 0 aromatic rings. The fourth-order valence-corrected chi connectivity index (χ4v) is 0.439. The van der Waals surface area contributed by atoms with Crippen LogP contribution in [0.1, 0.15) is 27.2 Å². The highest BCUT2D eigenvalue weighted by atomic mass is 16.7.